The van der Waals surface area contributed by atoms with Crippen molar-refractivity contribution in [3.63, 3.8) is 0 Å². The summed E-state index contributed by atoms with van der Waals surface area (Å²) < 4.78 is 21.7. The Morgan fingerprint density at radius 2 is 1.91 bits per heavy atom. The van der Waals surface area contributed by atoms with E-state index in [1.165, 1.54) is 25.6 Å². The van der Waals surface area contributed by atoms with Gasteiger partial charge in [-0.15, -0.1) is 0 Å². The van der Waals surface area contributed by atoms with Crippen molar-refractivity contribution in [3.05, 3.63) is 51.1 Å². The zero-order chi connectivity index (χ0) is 23.8. The maximum atomic E-state index is 12.3. The van der Waals surface area contributed by atoms with E-state index in [0.29, 0.717) is 70.8 Å². The van der Waals surface area contributed by atoms with Gasteiger partial charge in [-0.05, 0) is 38.3 Å². The molecule has 176 valence electrons. The van der Waals surface area contributed by atoms with E-state index >= 15 is 0 Å². The number of carbonyl (C=O) groups is 1. The minimum atomic E-state index is -0.584. The maximum Gasteiger partial charge on any atom is 0.338 e. The van der Waals surface area contributed by atoms with Crippen molar-refractivity contribution in [2.45, 2.75) is 32.6 Å². The van der Waals surface area contributed by atoms with Crippen LogP contribution >= 0.6 is 23.2 Å². The second kappa shape index (κ2) is 11.8. The number of hydrogen-bond donors (Lipinski definition) is 1. The van der Waals surface area contributed by atoms with Gasteiger partial charge in [0.1, 0.15) is 0 Å². The summed E-state index contributed by atoms with van der Waals surface area (Å²) in [7, 11) is 1.50. The first kappa shape index (κ1) is 24.7. The summed E-state index contributed by atoms with van der Waals surface area (Å²) in [6, 6.07) is 4.77. The van der Waals surface area contributed by atoms with Gasteiger partial charge in [0.25, 0.3) is 0 Å². The monoisotopic (exact) mass is 494 g/mol. The largest absolute Gasteiger partial charge is 0.493 e. The molecule has 0 saturated heterocycles. The highest BCUT2D eigenvalue weighted by atomic mass is 35.5. The van der Waals surface area contributed by atoms with E-state index in [4.69, 9.17) is 41.8 Å². The fourth-order valence-corrected chi connectivity index (χ4v) is 3.66. The molecule has 0 aliphatic rings. The molecule has 0 amide bonds. The van der Waals surface area contributed by atoms with Gasteiger partial charge >= 0.3 is 11.6 Å². The number of methoxy groups -OCH3 is 1. The van der Waals surface area contributed by atoms with Crippen LogP contribution in [0.1, 0.15) is 32.6 Å². The Labute approximate surface area is 200 Å². The number of aromatic nitrogens is 1. The molecule has 8 nitrogen and oxygen atoms in total. The molecular weight excluding hydrogens is 471 g/mol. The second-order valence-corrected chi connectivity index (χ2v) is 7.83. The van der Waals surface area contributed by atoms with Crippen LogP contribution < -0.4 is 20.4 Å². The number of nitrogens with zero attached hydrogens (tertiary/aromatic N) is 1. The Hall–Kier alpha value is -2.97. The van der Waals surface area contributed by atoms with E-state index in [0.717, 1.165) is 6.42 Å². The van der Waals surface area contributed by atoms with Crippen molar-refractivity contribution in [2.75, 3.05) is 25.6 Å². The van der Waals surface area contributed by atoms with Crippen LogP contribution in [0, 0.1) is 0 Å². The summed E-state index contributed by atoms with van der Waals surface area (Å²) in [4.78, 5) is 27.7. The number of pyridine rings is 1. The second-order valence-electron chi connectivity index (χ2n) is 7.02. The number of benzene rings is 1. The number of esters is 1. The van der Waals surface area contributed by atoms with E-state index < -0.39 is 5.63 Å². The molecule has 0 aliphatic carbocycles. The molecule has 0 fully saturated rings. The van der Waals surface area contributed by atoms with Gasteiger partial charge in [0, 0.05) is 30.3 Å². The minimum Gasteiger partial charge on any atom is -0.493 e. The van der Waals surface area contributed by atoms with Crippen molar-refractivity contribution in [2.24, 2.45) is 0 Å². The van der Waals surface area contributed by atoms with Gasteiger partial charge in [-0.2, -0.15) is 0 Å². The zero-order valence-electron chi connectivity index (χ0n) is 18.3. The van der Waals surface area contributed by atoms with Crippen molar-refractivity contribution in [3.8, 4) is 11.5 Å². The SMILES string of the molecule is CCOC(=O)CCCCCOc1c(OC)ccc2c(Nc3c(Cl)cncc3Cl)cc(=O)oc12. The van der Waals surface area contributed by atoms with Crippen molar-refractivity contribution in [1.29, 1.82) is 0 Å². The van der Waals surface area contributed by atoms with Gasteiger partial charge in [0.15, 0.2) is 11.3 Å². The molecule has 0 bridgehead atoms. The van der Waals surface area contributed by atoms with Gasteiger partial charge in [-0.1, -0.05) is 23.2 Å². The van der Waals surface area contributed by atoms with Gasteiger partial charge < -0.3 is 23.9 Å². The lowest BCUT2D eigenvalue weighted by atomic mass is 10.1. The molecule has 3 aromatic rings. The van der Waals surface area contributed by atoms with Crippen LogP contribution in [0.3, 0.4) is 0 Å². The lowest BCUT2D eigenvalue weighted by Crippen LogP contribution is -2.06. The summed E-state index contributed by atoms with van der Waals surface area (Å²) in [6.45, 7) is 2.51. The van der Waals surface area contributed by atoms with Gasteiger partial charge in [0.05, 0.1) is 41.7 Å². The van der Waals surface area contributed by atoms with Crippen LogP contribution in [-0.4, -0.2) is 31.3 Å². The summed E-state index contributed by atoms with van der Waals surface area (Å²) in [5.41, 5.74) is 0.509. The fourth-order valence-electron chi connectivity index (χ4n) is 3.21. The molecular formula is C23H24Cl2N2O6. The smallest absolute Gasteiger partial charge is 0.338 e. The highest BCUT2D eigenvalue weighted by Gasteiger charge is 2.17. The number of anilines is 2. The lowest BCUT2D eigenvalue weighted by Gasteiger charge is -2.15. The van der Waals surface area contributed by atoms with Crippen LogP contribution in [-0.2, 0) is 9.53 Å². The maximum absolute atomic E-state index is 12.3. The molecule has 2 heterocycles. The fraction of sp³-hybridized carbons (Fsp3) is 0.348. The number of fused-ring (bicyclic) bond motifs is 1. The standard InChI is InChI=1S/C23H24Cl2N2O6/c1-3-31-19(28)7-5-4-6-10-32-23-18(30-2)9-8-14-17(11-20(29)33-22(14)23)27-21-15(24)12-26-13-16(21)25/h8-9,11-13H,3-7,10H2,1-2H3,(H,26,27). The van der Waals surface area contributed by atoms with Gasteiger partial charge in [0.2, 0.25) is 5.75 Å². The third kappa shape index (κ3) is 6.30. The first-order valence-corrected chi connectivity index (χ1v) is 11.2. The number of rotatable bonds is 11. The molecule has 0 saturated carbocycles. The van der Waals surface area contributed by atoms with Gasteiger partial charge in [-0.3, -0.25) is 9.78 Å². The quantitative estimate of drug-likeness (QED) is 0.204. The summed E-state index contributed by atoms with van der Waals surface area (Å²) in [6.07, 6.45) is 5.44. The number of nitrogens with one attached hydrogen (secondary N) is 1. The topological polar surface area (TPSA) is 99.9 Å². The predicted octanol–water partition coefficient (Wildman–Crippen LogP) is 5.75. The highest BCUT2D eigenvalue weighted by molar-refractivity contribution is 6.39. The Bertz CT molecular complexity index is 1160. The third-order valence-electron chi connectivity index (χ3n) is 4.74. The molecule has 0 unspecified atom stereocenters. The predicted molar refractivity (Wildman–Crippen MR) is 127 cm³/mol. The molecule has 0 aliphatic heterocycles. The van der Waals surface area contributed by atoms with E-state index in [1.54, 1.807) is 19.1 Å². The summed E-state index contributed by atoms with van der Waals surface area (Å²) >= 11 is 12.4. The van der Waals surface area contributed by atoms with Crippen LogP contribution in [0.25, 0.3) is 11.0 Å². The first-order chi connectivity index (χ1) is 15.9. The minimum absolute atomic E-state index is 0.203. The Balaban J connectivity index is 1.81. The molecule has 2 aromatic heterocycles. The molecule has 0 spiro atoms. The zero-order valence-corrected chi connectivity index (χ0v) is 19.8. The average Bonchev–Trinajstić information content (AvgIpc) is 2.78. The van der Waals surface area contributed by atoms with Crippen LogP contribution in [0.2, 0.25) is 10.0 Å². The normalized spacial score (nSPS) is 10.8. The molecule has 33 heavy (non-hydrogen) atoms. The van der Waals surface area contributed by atoms with Crippen molar-refractivity contribution >= 4 is 51.5 Å². The molecule has 1 aromatic carbocycles. The van der Waals surface area contributed by atoms with E-state index in [1.807, 2.05) is 0 Å². The molecule has 10 heteroatoms. The van der Waals surface area contributed by atoms with Gasteiger partial charge in [-0.25, -0.2) is 4.79 Å². The number of halogens is 2. The van der Waals surface area contributed by atoms with E-state index in [-0.39, 0.29) is 11.6 Å². The molecule has 0 atom stereocenters. The molecule has 3 rings (SSSR count). The summed E-state index contributed by atoms with van der Waals surface area (Å²) in [5, 5.41) is 4.28. The number of unbranched alkanes of at least 4 members (excludes halogenated alkanes) is 2. The Morgan fingerprint density at radius 3 is 2.61 bits per heavy atom. The number of carbonyl (C=O) groups excluding carboxylic acids is 1. The number of ether oxygens (including phenoxy) is 3. The first-order valence-electron chi connectivity index (χ1n) is 10.4. The number of hydrogen-bond acceptors (Lipinski definition) is 8. The lowest BCUT2D eigenvalue weighted by molar-refractivity contribution is -0.143. The highest BCUT2D eigenvalue weighted by Crippen LogP contribution is 2.40. The summed E-state index contributed by atoms with van der Waals surface area (Å²) in [5.74, 6) is 0.535. The van der Waals surface area contributed by atoms with Crippen LogP contribution in [0.4, 0.5) is 11.4 Å². The van der Waals surface area contributed by atoms with Crippen LogP contribution in [0.15, 0.2) is 39.8 Å². The Kier molecular flexibility index (Phi) is 8.79. The van der Waals surface area contributed by atoms with Crippen molar-refractivity contribution < 1.29 is 23.4 Å². The Morgan fingerprint density at radius 1 is 1.15 bits per heavy atom. The van der Waals surface area contributed by atoms with E-state index in [2.05, 4.69) is 10.3 Å². The third-order valence-corrected chi connectivity index (χ3v) is 5.31. The molecule has 1 N–H and O–H groups in total. The molecule has 0 radical (unpaired) electrons. The van der Waals surface area contributed by atoms with E-state index in [9.17, 15) is 9.59 Å². The van der Waals surface area contributed by atoms with Crippen LogP contribution in [0.5, 0.6) is 11.5 Å². The van der Waals surface area contributed by atoms with Crippen molar-refractivity contribution in [1.82, 2.24) is 4.98 Å². The average molecular weight is 495 g/mol.